The first kappa shape index (κ1) is 35.7. The highest BCUT2D eigenvalue weighted by atomic mass is 16.5. The molecule has 3 aromatic rings. The summed E-state index contributed by atoms with van der Waals surface area (Å²) in [6, 6.07) is 20.0. The molecule has 0 aliphatic heterocycles. The topological polar surface area (TPSA) is 147 Å². The lowest BCUT2D eigenvalue weighted by Gasteiger charge is -2.22. The van der Waals surface area contributed by atoms with Crippen LogP contribution in [0.2, 0.25) is 0 Å². The Morgan fingerprint density at radius 1 is 0.652 bits per heavy atom. The molecule has 11 nitrogen and oxygen atoms in total. The maximum Gasteiger partial charge on any atom is 0.329 e. The summed E-state index contributed by atoms with van der Waals surface area (Å²) in [6.45, 7) is 0.612. The van der Waals surface area contributed by atoms with Gasteiger partial charge in [-0.1, -0.05) is 42.8 Å². The largest absolute Gasteiger partial charge is 0.497 e. The molecule has 248 valence electrons. The Bertz CT molecular complexity index is 1350. The summed E-state index contributed by atoms with van der Waals surface area (Å²) >= 11 is 0. The molecule has 0 spiro atoms. The van der Waals surface area contributed by atoms with E-state index in [9.17, 15) is 14.4 Å². The van der Waals surface area contributed by atoms with Crippen LogP contribution >= 0.6 is 0 Å². The molecule has 11 heteroatoms. The van der Waals surface area contributed by atoms with Crippen molar-refractivity contribution in [2.45, 2.75) is 63.8 Å². The number of rotatable bonds is 19. The Balaban J connectivity index is 1.63. The van der Waals surface area contributed by atoms with Crippen LogP contribution in [0.4, 0.5) is 4.79 Å². The molecule has 0 saturated carbocycles. The first-order chi connectivity index (χ1) is 22.3. The molecule has 2 unspecified atom stereocenters. The summed E-state index contributed by atoms with van der Waals surface area (Å²) in [5.41, 5.74) is 8.25. The van der Waals surface area contributed by atoms with Gasteiger partial charge in [0.05, 0.1) is 21.3 Å². The van der Waals surface area contributed by atoms with Crippen LogP contribution in [0.5, 0.6) is 17.2 Å². The van der Waals surface area contributed by atoms with Crippen LogP contribution in [0.25, 0.3) is 0 Å². The summed E-state index contributed by atoms with van der Waals surface area (Å²) in [7, 11) is 4.75. The van der Waals surface area contributed by atoms with Crippen molar-refractivity contribution in [3.05, 3.63) is 89.5 Å². The van der Waals surface area contributed by atoms with E-state index in [1.165, 1.54) is 0 Å². The first-order valence-corrected chi connectivity index (χ1v) is 15.3. The van der Waals surface area contributed by atoms with Crippen LogP contribution in [0.15, 0.2) is 72.8 Å². The van der Waals surface area contributed by atoms with E-state index < -0.39 is 24.0 Å². The quantitative estimate of drug-likeness (QED) is 0.126. The zero-order valence-electron chi connectivity index (χ0n) is 26.8. The maximum absolute atomic E-state index is 13.2. The third-order valence-corrected chi connectivity index (χ3v) is 7.31. The first-order valence-electron chi connectivity index (χ1n) is 15.3. The second kappa shape index (κ2) is 19.6. The van der Waals surface area contributed by atoms with E-state index in [1.54, 1.807) is 69.9 Å². The summed E-state index contributed by atoms with van der Waals surface area (Å²) in [6.07, 6.45) is 2.80. The van der Waals surface area contributed by atoms with Crippen LogP contribution in [-0.4, -0.2) is 57.9 Å². The number of hydrogen-bond donors (Lipinski definition) is 3. The number of methoxy groups -OCH3 is 3. The van der Waals surface area contributed by atoms with Gasteiger partial charge in [-0.3, -0.25) is 4.79 Å². The van der Waals surface area contributed by atoms with Crippen molar-refractivity contribution in [2.24, 2.45) is 5.73 Å². The van der Waals surface area contributed by atoms with Crippen LogP contribution < -0.4 is 30.6 Å². The molecular formula is C35H45N3O8. The Labute approximate surface area is 270 Å². The van der Waals surface area contributed by atoms with E-state index in [2.05, 4.69) is 10.6 Å². The van der Waals surface area contributed by atoms with Crippen molar-refractivity contribution >= 4 is 18.0 Å². The fourth-order valence-corrected chi connectivity index (χ4v) is 4.64. The number of unbranched alkanes of at least 4 members (excludes halogenated alkanes) is 1. The molecule has 3 aromatic carbocycles. The highest BCUT2D eigenvalue weighted by molar-refractivity contribution is 5.84. The SMILES string of the molecule is COc1ccc(COC(=O)CCC(NC(=O)NC(CCCCN)Cc2ccc(OC)cc2)C(=O)OCc2ccc(OC)cc2)cc1. The summed E-state index contributed by atoms with van der Waals surface area (Å²) in [5.74, 6) is 0.942. The van der Waals surface area contributed by atoms with Gasteiger partial charge in [-0.25, -0.2) is 9.59 Å². The van der Waals surface area contributed by atoms with E-state index >= 15 is 0 Å². The number of nitrogens with one attached hydrogen (secondary N) is 2. The minimum atomic E-state index is -1.09. The average Bonchev–Trinajstić information content (AvgIpc) is 3.08. The normalized spacial score (nSPS) is 11.9. The van der Waals surface area contributed by atoms with Crippen molar-refractivity contribution in [1.29, 1.82) is 0 Å². The maximum atomic E-state index is 13.2. The van der Waals surface area contributed by atoms with Crippen molar-refractivity contribution in [3.8, 4) is 17.2 Å². The van der Waals surface area contributed by atoms with Gasteiger partial charge in [0, 0.05) is 12.5 Å². The van der Waals surface area contributed by atoms with Crippen LogP contribution in [-0.2, 0) is 38.7 Å². The van der Waals surface area contributed by atoms with Crippen LogP contribution in [0.3, 0.4) is 0 Å². The third-order valence-electron chi connectivity index (χ3n) is 7.31. The molecule has 2 amide bonds. The van der Waals surface area contributed by atoms with Gasteiger partial charge in [-0.2, -0.15) is 0 Å². The van der Waals surface area contributed by atoms with Gasteiger partial charge in [-0.05, 0) is 85.3 Å². The van der Waals surface area contributed by atoms with Gasteiger partial charge in [0.2, 0.25) is 0 Å². The molecular weight excluding hydrogens is 590 g/mol. The monoisotopic (exact) mass is 635 g/mol. The molecule has 0 heterocycles. The number of hydrogen-bond acceptors (Lipinski definition) is 9. The molecule has 0 aliphatic carbocycles. The lowest BCUT2D eigenvalue weighted by atomic mass is 10.0. The number of carbonyl (C=O) groups is 3. The Morgan fingerprint density at radius 2 is 1.15 bits per heavy atom. The number of ether oxygens (including phenoxy) is 5. The minimum absolute atomic E-state index is 0.00731. The van der Waals surface area contributed by atoms with E-state index in [4.69, 9.17) is 29.4 Å². The van der Waals surface area contributed by atoms with Gasteiger partial charge in [0.1, 0.15) is 36.5 Å². The van der Waals surface area contributed by atoms with Crippen molar-refractivity contribution < 1.29 is 38.1 Å². The standard InChI is InChI=1S/C35H45N3O8/c1-42-29-13-7-25(8-14-29)22-28(6-4-5-21-36)37-35(41)38-32(34(40)46-24-27-11-17-31(44-3)18-12-27)19-20-33(39)45-23-26-9-15-30(43-2)16-10-26/h7-18,28,32H,4-6,19-24,36H2,1-3H3,(H2,37,38,41). The smallest absolute Gasteiger partial charge is 0.329 e. The molecule has 0 saturated heterocycles. The number of amides is 2. The molecule has 2 atom stereocenters. The zero-order chi connectivity index (χ0) is 33.1. The summed E-state index contributed by atoms with van der Waals surface area (Å²) in [4.78, 5) is 39.0. The van der Waals surface area contributed by atoms with E-state index in [0.29, 0.717) is 30.9 Å². The predicted octanol–water partition coefficient (Wildman–Crippen LogP) is 4.69. The second-order valence-electron chi connectivity index (χ2n) is 10.7. The fraction of sp³-hybridized carbons (Fsp3) is 0.400. The Morgan fingerprint density at radius 3 is 1.65 bits per heavy atom. The lowest BCUT2D eigenvalue weighted by Crippen LogP contribution is -2.50. The highest BCUT2D eigenvalue weighted by Gasteiger charge is 2.25. The van der Waals surface area contributed by atoms with Crippen molar-refractivity contribution in [3.63, 3.8) is 0 Å². The van der Waals surface area contributed by atoms with Gasteiger partial charge in [0.15, 0.2) is 0 Å². The number of esters is 2. The zero-order valence-corrected chi connectivity index (χ0v) is 26.8. The highest BCUT2D eigenvalue weighted by Crippen LogP contribution is 2.16. The number of benzene rings is 3. The summed E-state index contributed by atoms with van der Waals surface area (Å²) in [5, 5.41) is 5.73. The van der Waals surface area contributed by atoms with E-state index in [1.807, 2.05) is 24.3 Å². The summed E-state index contributed by atoms with van der Waals surface area (Å²) < 4.78 is 26.5. The van der Waals surface area contributed by atoms with Crippen LogP contribution in [0, 0.1) is 0 Å². The Hall–Kier alpha value is -4.77. The van der Waals surface area contributed by atoms with E-state index in [-0.39, 0.29) is 32.1 Å². The van der Waals surface area contributed by atoms with Gasteiger partial charge < -0.3 is 40.1 Å². The average molecular weight is 636 g/mol. The van der Waals surface area contributed by atoms with Crippen LogP contribution in [0.1, 0.15) is 48.8 Å². The molecule has 46 heavy (non-hydrogen) atoms. The fourth-order valence-electron chi connectivity index (χ4n) is 4.64. The Kier molecular flexibility index (Phi) is 15.2. The number of urea groups is 1. The van der Waals surface area contributed by atoms with Crippen molar-refractivity contribution in [1.82, 2.24) is 10.6 Å². The number of nitrogens with two attached hydrogens (primary N) is 1. The molecule has 0 radical (unpaired) electrons. The van der Waals surface area contributed by atoms with Gasteiger partial charge >= 0.3 is 18.0 Å². The molecule has 4 N–H and O–H groups in total. The van der Waals surface area contributed by atoms with E-state index in [0.717, 1.165) is 35.3 Å². The second-order valence-corrected chi connectivity index (χ2v) is 10.7. The molecule has 0 aromatic heterocycles. The molecule has 3 rings (SSSR count). The molecule has 0 aliphatic rings. The predicted molar refractivity (Wildman–Crippen MR) is 174 cm³/mol. The van der Waals surface area contributed by atoms with Crippen molar-refractivity contribution in [2.75, 3.05) is 27.9 Å². The molecule has 0 fully saturated rings. The third kappa shape index (κ3) is 12.7. The minimum Gasteiger partial charge on any atom is -0.497 e. The number of carbonyl (C=O) groups excluding carboxylic acids is 3. The van der Waals surface area contributed by atoms with Gasteiger partial charge in [0.25, 0.3) is 0 Å². The van der Waals surface area contributed by atoms with Gasteiger partial charge in [-0.15, -0.1) is 0 Å². The lowest BCUT2D eigenvalue weighted by molar-refractivity contribution is -0.148. The molecule has 0 bridgehead atoms.